The molecular weight excluding hydrogens is 306 g/mol. The number of benzene rings is 1. The Labute approximate surface area is 119 Å². The molecule has 2 aromatic heterocycles. The lowest BCUT2D eigenvalue weighted by atomic mass is 10.2. The van der Waals surface area contributed by atoms with Crippen LogP contribution in [-0.2, 0) is 6.61 Å². The van der Waals surface area contributed by atoms with Crippen LogP contribution in [0.5, 0.6) is 5.75 Å². The lowest BCUT2D eigenvalue weighted by molar-refractivity contribution is 0.296. The van der Waals surface area contributed by atoms with E-state index < -0.39 is 0 Å². The zero-order valence-electron chi connectivity index (χ0n) is 10.4. The largest absolute Gasteiger partial charge is 0.486 e. The zero-order valence-corrected chi connectivity index (χ0v) is 12.0. The van der Waals surface area contributed by atoms with Gasteiger partial charge in [0.05, 0.1) is 4.47 Å². The Morgan fingerprint density at radius 1 is 1.21 bits per heavy atom. The van der Waals surface area contributed by atoms with Crippen molar-refractivity contribution >= 4 is 21.6 Å². The third kappa shape index (κ3) is 2.61. The van der Waals surface area contributed by atoms with Crippen molar-refractivity contribution in [3.05, 3.63) is 58.5 Å². The molecule has 0 unspecified atom stereocenters. The summed E-state index contributed by atoms with van der Waals surface area (Å²) in [4.78, 5) is 4.42. The number of hydrogen-bond donors (Lipinski definition) is 0. The molecule has 0 spiro atoms. The Hall–Kier alpha value is -1.88. The average molecular weight is 318 g/mol. The van der Waals surface area contributed by atoms with E-state index in [0.717, 1.165) is 15.9 Å². The van der Waals surface area contributed by atoms with Crippen molar-refractivity contribution in [3.8, 4) is 5.75 Å². The van der Waals surface area contributed by atoms with Crippen LogP contribution in [0.15, 0.2) is 47.1 Å². The molecule has 0 atom stereocenters. The van der Waals surface area contributed by atoms with Crippen LogP contribution in [0.25, 0.3) is 5.65 Å². The van der Waals surface area contributed by atoms with Crippen LogP contribution in [0.3, 0.4) is 0 Å². The molecule has 1 aromatic carbocycles. The highest BCUT2D eigenvalue weighted by atomic mass is 79.9. The minimum Gasteiger partial charge on any atom is -0.486 e. The fourth-order valence-electron chi connectivity index (χ4n) is 1.76. The van der Waals surface area contributed by atoms with E-state index in [1.165, 1.54) is 5.56 Å². The van der Waals surface area contributed by atoms with E-state index >= 15 is 0 Å². The normalized spacial score (nSPS) is 10.8. The molecule has 0 saturated heterocycles. The van der Waals surface area contributed by atoms with Crippen LogP contribution in [0.4, 0.5) is 0 Å². The molecule has 96 valence electrons. The minimum absolute atomic E-state index is 0.358. The van der Waals surface area contributed by atoms with Crippen LogP contribution in [0.1, 0.15) is 11.4 Å². The number of hydrogen-bond acceptors (Lipinski definition) is 3. The molecule has 0 radical (unpaired) electrons. The Bertz CT molecular complexity index is 706. The SMILES string of the molecule is Cc1ccc(OCc2nc3c(Br)cccn3n2)cc1. The van der Waals surface area contributed by atoms with Crippen LogP contribution in [0.2, 0.25) is 0 Å². The Kier molecular flexibility index (Phi) is 3.21. The first kappa shape index (κ1) is 12.2. The predicted molar refractivity (Wildman–Crippen MR) is 76.2 cm³/mol. The topological polar surface area (TPSA) is 39.4 Å². The predicted octanol–water partition coefficient (Wildman–Crippen LogP) is 3.38. The fourth-order valence-corrected chi connectivity index (χ4v) is 2.18. The summed E-state index contributed by atoms with van der Waals surface area (Å²) in [5.41, 5.74) is 2.01. The first-order valence-electron chi connectivity index (χ1n) is 5.91. The molecule has 3 aromatic rings. The number of halogens is 1. The van der Waals surface area contributed by atoms with Gasteiger partial charge in [-0.2, -0.15) is 0 Å². The van der Waals surface area contributed by atoms with E-state index in [1.54, 1.807) is 4.52 Å². The lowest BCUT2D eigenvalue weighted by Gasteiger charge is -2.03. The standard InChI is InChI=1S/C14H12BrN3O/c1-10-4-6-11(7-5-10)19-9-13-16-14-12(15)3-2-8-18(14)17-13/h2-8H,9H2,1H3. The summed E-state index contributed by atoms with van der Waals surface area (Å²) in [6.07, 6.45) is 1.86. The summed E-state index contributed by atoms with van der Waals surface area (Å²) in [5.74, 6) is 1.48. The number of aryl methyl sites for hydroxylation is 1. The summed E-state index contributed by atoms with van der Waals surface area (Å²) in [7, 11) is 0. The highest BCUT2D eigenvalue weighted by molar-refractivity contribution is 9.10. The monoisotopic (exact) mass is 317 g/mol. The number of ether oxygens (including phenoxy) is 1. The Balaban J connectivity index is 1.78. The molecule has 0 aliphatic carbocycles. The van der Waals surface area contributed by atoms with E-state index in [0.29, 0.717) is 12.4 Å². The molecule has 3 rings (SSSR count). The van der Waals surface area contributed by atoms with Crippen molar-refractivity contribution in [1.29, 1.82) is 0 Å². The Morgan fingerprint density at radius 3 is 2.74 bits per heavy atom. The molecule has 2 heterocycles. The summed E-state index contributed by atoms with van der Waals surface area (Å²) in [5, 5.41) is 4.36. The smallest absolute Gasteiger partial charge is 0.189 e. The van der Waals surface area contributed by atoms with Gasteiger partial charge in [-0.15, -0.1) is 5.10 Å². The minimum atomic E-state index is 0.358. The molecule has 0 bridgehead atoms. The third-order valence-corrected chi connectivity index (χ3v) is 3.37. The van der Waals surface area contributed by atoms with Gasteiger partial charge in [0, 0.05) is 6.20 Å². The third-order valence-electron chi connectivity index (χ3n) is 2.75. The van der Waals surface area contributed by atoms with Gasteiger partial charge in [0.1, 0.15) is 12.4 Å². The van der Waals surface area contributed by atoms with Crippen molar-refractivity contribution in [3.63, 3.8) is 0 Å². The van der Waals surface area contributed by atoms with Gasteiger partial charge in [0.2, 0.25) is 0 Å². The van der Waals surface area contributed by atoms with E-state index in [-0.39, 0.29) is 0 Å². The van der Waals surface area contributed by atoms with E-state index in [1.807, 2.05) is 49.5 Å². The zero-order chi connectivity index (χ0) is 13.2. The van der Waals surface area contributed by atoms with Crippen LogP contribution >= 0.6 is 15.9 Å². The maximum absolute atomic E-state index is 5.66. The van der Waals surface area contributed by atoms with Gasteiger partial charge in [-0.25, -0.2) is 9.50 Å². The summed E-state index contributed by atoms with van der Waals surface area (Å²) >= 11 is 3.45. The van der Waals surface area contributed by atoms with Crippen LogP contribution in [0, 0.1) is 6.92 Å². The highest BCUT2D eigenvalue weighted by Crippen LogP contribution is 2.16. The van der Waals surface area contributed by atoms with Gasteiger partial charge in [0.15, 0.2) is 11.5 Å². The van der Waals surface area contributed by atoms with Gasteiger partial charge in [0.25, 0.3) is 0 Å². The highest BCUT2D eigenvalue weighted by Gasteiger charge is 2.06. The number of aromatic nitrogens is 3. The van der Waals surface area contributed by atoms with Crippen molar-refractivity contribution in [2.45, 2.75) is 13.5 Å². The van der Waals surface area contributed by atoms with Crippen molar-refractivity contribution < 1.29 is 4.74 Å². The van der Waals surface area contributed by atoms with E-state index in [2.05, 4.69) is 26.0 Å². The number of fused-ring (bicyclic) bond motifs is 1. The first-order chi connectivity index (χ1) is 9.22. The summed E-state index contributed by atoms with van der Waals surface area (Å²) < 4.78 is 8.32. The second-order valence-electron chi connectivity index (χ2n) is 4.25. The van der Waals surface area contributed by atoms with Gasteiger partial charge >= 0.3 is 0 Å². The number of nitrogens with zero attached hydrogens (tertiary/aromatic N) is 3. The molecular formula is C14H12BrN3O. The van der Waals surface area contributed by atoms with Crippen molar-refractivity contribution in [2.75, 3.05) is 0 Å². The average Bonchev–Trinajstić information content (AvgIpc) is 2.83. The summed E-state index contributed by atoms with van der Waals surface area (Å²) in [6.45, 7) is 2.40. The number of rotatable bonds is 3. The second-order valence-corrected chi connectivity index (χ2v) is 5.11. The van der Waals surface area contributed by atoms with E-state index in [4.69, 9.17) is 4.74 Å². The van der Waals surface area contributed by atoms with Crippen molar-refractivity contribution in [1.82, 2.24) is 14.6 Å². The molecule has 0 N–H and O–H groups in total. The molecule has 5 heteroatoms. The maximum Gasteiger partial charge on any atom is 0.189 e. The quantitative estimate of drug-likeness (QED) is 0.743. The van der Waals surface area contributed by atoms with Gasteiger partial charge in [-0.3, -0.25) is 0 Å². The van der Waals surface area contributed by atoms with Gasteiger partial charge < -0.3 is 4.74 Å². The molecule has 19 heavy (non-hydrogen) atoms. The molecule has 4 nitrogen and oxygen atoms in total. The first-order valence-corrected chi connectivity index (χ1v) is 6.71. The molecule has 0 saturated carbocycles. The lowest BCUT2D eigenvalue weighted by Crippen LogP contribution is -1.98. The second kappa shape index (κ2) is 5.01. The van der Waals surface area contributed by atoms with Gasteiger partial charge in [-0.05, 0) is 47.1 Å². The fraction of sp³-hybridized carbons (Fsp3) is 0.143. The molecule has 0 aliphatic rings. The van der Waals surface area contributed by atoms with E-state index in [9.17, 15) is 0 Å². The molecule has 0 amide bonds. The Morgan fingerprint density at radius 2 is 2.00 bits per heavy atom. The summed E-state index contributed by atoms with van der Waals surface area (Å²) in [6, 6.07) is 11.8. The molecule has 0 fully saturated rings. The van der Waals surface area contributed by atoms with Gasteiger partial charge in [-0.1, -0.05) is 17.7 Å². The maximum atomic E-state index is 5.66. The van der Waals surface area contributed by atoms with Crippen LogP contribution < -0.4 is 4.74 Å². The van der Waals surface area contributed by atoms with Crippen molar-refractivity contribution in [2.24, 2.45) is 0 Å². The van der Waals surface area contributed by atoms with Crippen LogP contribution in [-0.4, -0.2) is 14.6 Å². The number of pyridine rings is 1. The molecule has 0 aliphatic heterocycles.